The summed E-state index contributed by atoms with van der Waals surface area (Å²) in [6, 6.07) is 0. The van der Waals surface area contributed by atoms with Crippen LogP contribution in [0.3, 0.4) is 0 Å². The van der Waals surface area contributed by atoms with E-state index in [1.54, 1.807) is 0 Å². The van der Waals surface area contributed by atoms with Crippen LogP contribution in [0.2, 0.25) is 0 Å². The van der Waals surface area contributed by atoms with Crippen LogP contribution in [0.25, 0.3) is 0 Å². The smallest absolute Gasteiger partial charge is 0.105 e. The minimum Gasteiger partial charge on any atom is -0.105 e. The highest BCUT2D eigenvalue weighted by atomic mass is 35.5. The fourth-order valence-corrected chi connectivity index (χ4v) is 2.66. The number of hydrogen-bond donors (Lipinski definition) is 0. The van der Waals surface area contributed by atoms with E-state index in [1.165, 1.54) is 12.8 Å². The lowest BCUT2D eigenvalue weighted by molar-refractivity contribution is 0.445. The van der Waals surface area contributed by atoms with E-state index >= 15 is 0 Å². The number of hydrogen-bond acceptors (Lipinski definition) is 0. The Labute approximate surface area is 86.6 Å². The first-order valence-electron chi connectivity index (χ1n) is 4.89. The van der Waals surface area contributed by atoms with E-state index in [4.69, 9.17) is 23.2 Å². The van der Waals surface area contributed by atoms with Crippen molar-refractivity contribution in [1.82, 2.24) is 0 Å². The van der Waals surface area contributed by atoms with Gasteiger partial charge in [0.2, 0.25) is 0 Å². The van der Waals surface area contributed by atoms with Gasteiger partial charge in [0.15, 0.2) is 0 Å². The summed E-state index contributed by atoms with van der Waals surface area (Å²) in [5.74, 6) is 2.08. The van der Waals surface area contributed by atoms with Gasteiger partial charge in [-0.1, -0.05) is 27.7 Å². The molecule has 0 bridgehead atoms. The third-order valence-corrected chi connectivity index (χ3v) is 3.15. The van der Waals surface area contributed by atoms with Crippen LogP contribution in [-0.2, 0) is 0 Å². The van der Waals surface area contributed by atoms with Crippen molar-refractivity contribution in [2.45, 2.75) is 45.4 Å². The van der Waals surface area contributed by atoms with Crippen molar-refractivity contribution in [2.24, 2.45) is 17.8 Å². The van der Waals surface area contributed by atoms with Crippen LogP contribution >= 0.6 is 23.2 Å². The maximum atomic E-state index is 5.81. The second kappa shape index (κ2) is 6.10. The van der Waals surface area contributed by atoms with Crippen molar-refractivity contribution in [1.29, 1.82) is 0 Å². The standard InChI is InChI=1S/C8H14Cl2.C2H6/c1-5-3-6(2)7(4-5)8(9)10;1-2/h5-8H,3-4H2,1-2H3;1-2H3. The molecule has 0 aromatic rings. The van der Waals surface area contributed by atoms with Crippen LogP contribution < -0.4 is 0 Å². The molecule has 0 nitrogen and oxygen atoms in total. The van der Waals surface area contributed by atoms with E-state index in [9.17, 15) is 0 Å². The Kier molecular flexibility index (Phi) is 6.39. The molecule has 1 aliphatic carbocycles. The topological polar surface area (TPSA) is 0 Å². The lowest BCUT2D eigenvalue weighted by Gasteiger charge is -2.14. The van der Waals surface area contributed by atoms with Gasteiger partial charge < -0.3 is 0 Å². The molecule has 12 heavy (non-hydrogen) atoms. The van der Waals surface area contributed by atoms with Crippen molar-refractivity contribution >= 4 is 23.2 Å². The minimum atomic E-state index is -0.153. The van der Waals surface area contributed by atoms with Gasteiger partial charge in [0.1, 0.15) is 4.84 Å². The van der Waals surface area contributed by atoms with Gasteiger partial charge in [0, 0.05) is 0 Å². The highest BCUT2D eigenvalue weighted by Gasteiger charge is 2.32. The Balaban J connectivity index is 0.000000561. The predicted molar refractivity (Wildman–Crippen MR) is 57.9 cm³/mol. The molecule has 0 saturated heterocycles. The average molecular weight is 211 g/mol. The van der Waals surface area contributed by atoms with Gasteiger partial charge in [-0.15, -0.1) is 23.2 Å². The van der Waals surface area contributed by atoms with E-state index in [2.05, 4.69) is 13.8 Å². The van der Waals surface area contributed by atoms with Crippen molar-refractivity contribution in [3.63, 3.8) is 0 Å². The Bertz CT molecular complexity index is 112. The zero-order valence-corrected chi connectivity index (χ0v) is 9.99. The Morgan fingerprint density at radius 3 is 1.75 bits per heavy atom. The van der Waals surface area contributed by atoms with Gasteiger partial charge in [0.05, 0.1) is 0 Å². The molecule has 0 N–H and O–H groups in total. The molecular formula is C10H20Cl2. The maximum absolute atomic E-state index is 5.81. The first-order valence-corrected chi connectivity index (χ1v) is 5.76. The molecular weight excluding hydrogens is 191 g/mol. The highest BCUT2D eigenvalue weighted by molar-refractivity contribution is 6.44. The molecule has 0 amide bonds. The van der Waals surface area contributed by atoms with Crippen molar-refractivity contribution in [2.75, 3.05) is 0 Å². The average Bonchev–Trinajstić information content (AvgIpc) is 2.34. The summed E-state index contributed by atoms with van der Waals surface area (Å²) in [6.07, 6.45) is 2.50. The second-order valence-corrected chi connectivity index (χ2v) is 4.72. The molecule has 0 aliphatic heterocycles. The molecule has 2 heteroatoms. The molecule has 0 spiro atoms. The van der Waals surface area contributed by atoms with Crippen LogP contribution in [0.15, 0.2) is 0 Å². The summed E-state index contributed by atoms with van der Waals surface area (Å²) < 4.78 is 0. The Morgan fingerprint density at radius 2 is 1.58 bits per heavy atom. The molecule has 1 saturated carbocycles. The Morgan fingerprint density at radius 1 is 1.08 bits per heavy atom. The third-order valence-electron chi connectivity index (χ3n) is 2.50. The molecule has 74 valence electrons. The van der Waals surface area contributed by atoms with Crippen LogP contribution in [0.1, 0.15) is 40.5 Å². The van der Waals surface area contributed by atoms with Crippen LogP contribution in [0.5, 0.6) is 0 Å². The number of alkyl halides is 2. The van der Waals surface area contributed by atoms with Crippen LogP contribution in [0.4, 0.5) is 0 Å². The predicted octanol–water partition coefficient (Wildman–Crippen LogP) is 4.50. The molecule has 0 aromatic carbocycles. The van der Waals surface area contributed by atoms with E-state index < -0.39 is 0 Å². The summed E-state index contributed by atoms with van der Waals surface area (Å²) in [5.41, 5.74) is 0. The van der Waals surface area contributed by atoms with Gasteiger partial charge >= 0.3 is 0 Å². The largest absolute Gasteiger partial charge is 0.110 e. The summed E-state index contributed by atoms with van der Waals surface area (Å²) in [4.78, 5) is -0.153. The van der Waals surface area contributed by atoms with Crippen molar-refractivity contribution in [3.8, 4) is 0 Å². The zero-order chi connectivity index (χ0) is 9.72. The SMILES string of the molecule is CC.CC1CC(C)C(C(Cl)Cl)C1. The maximum Gasteiger partial charge on any atom is 0.110 e. The van der Waals surface area contributed by atoms with Gasteiger partial charge in [-0.25, -0.2) is 0 Å². The quantitative estimate of drug-likeness (QED) is 0.560. The summed E-state index contributed by atoms with van der Waals surface area (Å²) in [7, 11) is 0. The number of halogens is 2. The summed E-state index contributed by atoms with van der Waals surface area (Å²) in [5, 5.41) is 0. The van der Waals surface area contributed by atoms with Crippen molar-refractivity contribution in [3.05, 3.63) is 0 Å². The molecule has 0 radical (unpaired) electrons. The fraction of sp³-hybridized carbons (Fsp3) is 1.00. The number of rotatable bonds is 1. The van der Waals surface area contributed by atoms with Gasteiger partial charge in [-0.3, -0.25) is 0 Å². The fourth-order valence-electron chi connectivity index (χ4n) is 1.95. The van der Waals surface area contributed by atoms with E-state index in [-0.39, 0.29) is 4.84 Å². The summed E-state index contributed by atoms with van der Waals surface area (Å²) >= 11 is 11.6. The highest BCUT2D eigenvalue weighted by Crippen LogP contribution is 2.40. The molecule has 1 fully saturated rings. The molecule has 1 aliphatic rings. The third kappa shape index (κ3) is 3.53. The lowest BCUT2D eigenvalue weighted by Crippen LogP contribution is -2.11. The minimum absolute atomic E-state index is 0.153. The van der Waals surface area contributed by atoms with Crippen LogP contribution in [-0.4, -0.2) is 4.84 Å². The molecule has 0 heterocycles. The second-order valence-electron chi connectivity index (χ2n) is 3.55. The molecule has 0 aromatic heterocycles. The van der Waals surface area contributed by atoms with Gasteiger partial charge in [-0.05, 0) is 30.6 Å². The van der Waals surface area contributed by atoms with Crippen molar-refractivity contribution < 1.29 is 0 Å². The van der Waals surface area contributed by atoms with Crippen LogP contribution in [0, 0.1) is 17.8 Å². The van der Waals surface area contributed by atoms with E-state index in [1.807, 2.05) is 13.8 Å². The zero-order valence-electron chi connectivity index (χ0n) is 8.48. The lowest BCUT2D eigenvalue weighted by atomic mass is 10.0. The van der Waals surface area contributed by atoms with Gasteiger partial charge in [-0.2, -0.15) is 0 Å². The van der Waals surface area contributed by atoms with E-state index in [0.29, 0.717) is 5.92 Å². The first kappa shape index (κ1) is 12.6. The normalized spacial score (nSPS) is 34.8. The monoisotopic (exact) mass is 210 g/mol. The Hall–Kier alpha value is 0.580. The summed E-state index contributed by atoms with van der Waals surface area (Å²) in [6.45, 7) is 8.51. The first-order chi connectivity index (χ1) is 5.61. The molecule has 3 unspecified atom stereocenters. The molecule has 1 rings (SSSR count). The molecule has 3 atom stereocenters. The van der Waals surface area contributed by atoms with Gasteiger partial charge in [0.25, 0.3) is 0 Å². The van der Waals surface area contributed by atoms with E-state index in [0.717, 1.165) is 11.8 Å².